The molecule has 1 aromatic heterocycles. The summed E-state index contributed by atoms with van der Waals surface area (Å²) >= 11 is 1.47. The number of thioether (sulfide) groups is 1. The lowest BCUT2D eigenvalue weighted by molar-refractivity contribution is 0.360. The molecule has 2 aromatic rings. The van der Waals surface area contributed by atoms with Crippen LogP contribution < -0.4 is 9.21 Å². The van der Waals surface area contributed by atoms with Crippen LogP contribution in [0.3, 0.4) is 0 Å². The van der Waals surface area contributed by atoms with Gasteiger partial charge >= 0.3 is 0 Å². The van der Waals surface area contributed by atoms with E-state index in [0.717, 1.165) is 43.7 Å². The van der Waals surface area contributed by atoms with Crippen LogP contribution in [0.5, 0.6) is 0 Å². The Hall–Kier alpha value is -2.79. The standard InChI is InChI=1S/C24H30N6O2S2/c1-4-20-21(15-25)23(29-12-6-11-28(3)13-14-29)27-24(22(20)16-26)33-17-18-7-9-19(10-8-18)30(5-2)34(31)32/h7-10,34H,4-6,11-14,17H2,1-3H3. The summed E-state index contributed by atoms with van der Waals surface area (Å²) in [7, 11) is -0.581. The Labute approximate surface area is 207 Å². The van der Waals surface area contributed by atoms with Gasteiger partial charge in [-0.15, -0.1) is 11.8 Å². The van der Waals surface area contributed by atoms with Gasteiger partial charge in [-0.1, -0.05) is 19.1 Å². The van der Waals surface area contributed by atoms with E-state index in [9.17, 15) is 18.9 Å². The fourth-order valence-electron chi connectivity index (χ4n) is 4.08. The van der Waals surface area contributed by atoms with Gasteiger partial charge in [0, 0.05) is 31.9 Å². The predicted molar refractivity (Wildman–Crippen MR) is 137 cm³/mol. The van der Waals surface area contributed by atoms with Gasteiger partial charge in [0.05, 0.1) is 16.8 Å². The zero-order chi connectivity index (χ0) is 24.7. The highest BCUT2D eigenvalue weighted by molar-refractivity contribution is 7.98. The lowest BCUT2D eigenvalue weighted by atomic mass is 10.0. The van der Waals surface area contributed by atoms with Gasteiger partial charge in [0.2, 0.25) is 10.9 Å². The molecule has 0 radical (unpaired) electrons. The normalized spacial score (nSPS) is 14.5. The van der Waals surface area contributed by atoms with Crippen molar-refractivity contribution in [3.05, 3.63) is 46.5 Å². The highest BCUT2D eigenvalue weighted by Gasteiger charge is 2.24. The molecule has 0 spiro atoms. The van der Waals surface area contributed by atoms with E-state index in [0.29, 0.717) is 46.4 Å². The first-order chi connectivity index (χ1) is 16.4. The van der Waals surface area contributed by atoms with E-state index in [4.69, 9.17) is 4.98 Å². The molecular weight excluding hydrogens is 468 g/mol. The second-order valence-electron chi connectivity index (χ2n) is 8.10. The minimum atomic E-state index is -2.68. The molecule has 3 rings (SSSR count). The smallest absolute Gasteiger partial charge is 0.225 e. The third kappa shape index (κ3) is 5.82. The molecule has 0 saturated carbocycles. The number of aromatic nitrogens is 1. The molecule has 180 valence electrons. The highest BCUT2D eigenvalue weighted by atomic mass is 32.2. The average molecular weight is 499 g/mol. The van der Waals surface area contributed by atoms with Crippen LogP contribution >= 0.6 is 11.8 Å². The van der Waals surface area contributed by atoms with Crippen molar-refractivity contribution < 1.29 is 8.42 Å². The number of likely N-dealkylation sites (N-methyl/N-ethyl adjacent to an activating group) is 1. The number of nitriles is 2. The lowest BCUT2D eigenvalue weighted by Crippen LogP contribution is -2.30. The Morgan fingerprint density at radius 1 is 1.06 bits per heavy atom. The Kier molecular flexibility index (Phi) is 9.17. The number of rotatable bonds is 8. The van der Waals surface area contributed by atoms with E-state index in [1.165, 1.54) is 16.1 Å². The van der Waals surface area contributed by atoms with E-state index >= 15 is 0 Å². The van der Waals surface area contributed by atoms with Crippen LogP contribution in [-0.2, 0) is 23.1 Å². The van der Waals surface area contributed by atoms with Gasteiger partial charge < -0.3 is 9.80 Å². The minimum absolute atomic E-state index is 0.377. The van der Waals surface area contributed by atoms with Crippen molar-refractivity contribution in [3.8, 4) is 12.1 Å². The first-order valence-corrected chi connectivity index (χ1v) is 13.5. The number of hydrogen-bond donors (Lipinski definition) is 1. The third-order valence-corrected chi connectivity index (χ3v) is 7.91. The maximum Gasteiger partial charge on any atom is 0.225 e. The first kappa shape index (κ1) is 25.8. The summed E-state index contributed by atoms with van der Waals surface area (Å²) in [5.74, 6) is 1.25. The van der Waals surface area contributed by atoms with Gasteiger partial charge in [0.1, 0.15) is 23.0 Å². The van der Waals surface area contributed by atoms with Crippen LogP contribution in [0.1, 0.15) is 42.5 Å². The molecule has 1 aliphatic rings. The summed E-state index contributed by atoms with van der Waals surface area (Å²) in [6.45, 7) is 7.64. The molecule has 1 saturated heterocycles. The van der Waals surface area contributed by atoms with Crippen LogP contribution in [0.4, 0.5) is 11.5 Å². The van der Waals surface area contributed by atoms with Crippen LogP contribution in [0.2, 0.25) is 0 Å². The predicted octanol–water partition coefficient (Wildman–Crippen LogP) is 3.17. The van der Waals surface area contributed by atoms with Crippen LogP contribution in [-0.4, -0.2) is 58.1 Å². The number of anilines is 2. The average Bonchev–Trinajstić information content (AvgIpc) is 3.06. The molecule has 0 amide bonds. The molecule has 0 N–H and O–H groups in total. The number of thiol groups is 1. The van der Waals surface area contributed by atoms with Crippen molar-refractivity contribution in [1.29, 1.82) is 10.5 Å². The molecule has 0 atom stereocenters. The van der Waals surface area contributed by atoms with Crippen molar-refractivity contribution in [2.24, 2.45) is 0 Å². The summed E-state index contributed by atoms with van der Waals surface area (Å²) in [4.78, 5) is 9.30. The van der Waals surface area contributed by atoms with E-state index in [2.05, 4.69) is 29.0 Å². The molecular formula is C24H30N6O2S2. The third-order valence-electron chi connectivity index (χ3n) is 5.95. The molecule has 10 heteroatoms. The topological polar surface area (TPSA) is 104 Å². The largest absolute Gasteiger partial charge is 0.354 e. The quantitative estimate of drug-likeness (QED) is 0.437. The molecule has 2 heterocycles. The number of benzene rings is 1. The van der Waals surface area contributed by atoms with Gasteiger partial charge in [-0.05, 0) is 56.6 Å². The lowest BCUT2D eigenvalue weighted by Gasteiger charge is -2.25. The molecule has 1 aromatic carbocycles. The second kappa shape index (κ2) is 12.1. The van der Waals surface area contributed by atoms with E-state index in [1.807, 2.05) is 19.1 Å². The molecule has 0 unspecified atom stereocenters. The zero-order valence-corrected chi connectivity index (χ0v) is 21.5. The Morgan fingerprint density at radius 2 is 1.76 bits per heavy atom. The summed E-state index contributed by atoms with van der Waals surface area (Å²) in [6, 6.07) is 12.0. The van der Waals surface area contributed by atoms with Gasteiger partial charge in [0.15, 0.2) is 0 Å². The van der Waals surface area contributed by atoms with Crippen LogP contribution in [0.25, 0.3) is 0 Å². The summed E-state index contributed by atoms with van der Waals surface area (Å²) in [6.07, 6.45) is 1.57. The van der Waals surface area contributed by atoms with E-state index < -0.39 is 10.9 Å². The minimum Gasteiger partial charge on any atom is -0.354 e. The Morgan fingerprint density at radius 3 is 2.35 bits per heavy atom. The van der Waals surface area contributed by atoms with Gasteiger partial charge in [-0.3, -0.25) is 4.31 Å². The van der Waals surface area contributed by atoms with Gasteiger partial charge in [-0.25, -0.2) is 13.4 Å². The molecule has 1 fully saturated rings. The molecule has 34 heavy (non-hydrogen) atoms. The Bertz CT molecular complexity index is 1160. The number of hydrogen-bond acceptors (Lipinski definition) is 8. The van der Waals surface area contributed by atoms with Gasteiger partial charge in [-0.2, -0.15) is 10.5 Å². The molecule has 0 aliphatic carbocycles. The van der Waals surface area contributed by atoms with Crippen molar-refractivity contribution in [3.63, 3.8) is 0 Å². The Balaban J connectivity index is 1.91. The molecule has 0 bridgehead atoms. The van der Waals surface area contributed by atoms with Crippen molar-refractivity contribution in [1.82, 2.24) is 9.88 Å². The maximum atomic E-state index is 11.4. The van der Waals surface area contributed by atoms with Crippen molar-refractivity contribution in [2.75, 3.05) is 49.0 Å². The van der Waals surface area contributed by atoms with E-state index in [-0.39, 0.29) is 0 Å². The highest BCUT2D eigenvalue weighted by Crippen LogP contribution is 2.34. The van der Waals surface area contributed by atoms with Crippen molar-refractivity contribution >= 4 is 34.2 Å². The first-order valence-electron chi connectivity index (χ1n) is 11.4. The molecule has 8 nitrogen and oxygen atoms in total. The summed E-state index contributed by atoms with van der Waals surface area (Å²) < 4.78 is 24.1. The van der Waals surface area contributed by atoms with Crippen molar-refractivity contribution in [2.45, 2.75) is 37.5 Å². The number of pyridine rings is 1. The maximum absolute atomic E-state index is 11.4. The van der Waals surface area contributed by atoms with E-state index in [1.54, 1.807) is 19.1 Å². The monoisotopic (exact) mass is 498 g/mol. The fourth-order valence-corrected chi connectivity index (χ4v) is 5.60. The summed E-state index contributed by atoms with van der Waals surface area (Å²) in [5, 5.41) is 20.5. The van der Waals surface area contributed by atoms with Crippen LogP contribution in [0.15, 0.2) is 29.3 Å². The van der Waals surface area contributed by atoms with Crippen LogP contribution in [0, 0.1) is 22.7 Å². The molecule has 1 aliphatic heterocycles. The fraction of sp³-hybridized carbons (Fsp3) is 0.458. The SMILES string of the molecule is CCc1c(C#N)c(SCc2ccc(N(CC)[SH](=O)=O)cc2)nc(N2CCCN(C)CC2)c1C#N. The second-order valence-corrected chi connectivity index (χ2v) is 10.0. The number of nitrogens with zero attached hydrogens (tertiary/aromatic N) is 6. The van der Waals surface area contributed by atoms with Gasteiger partial charge in [0.25, 0.3) is 0 Å². The zero-order valence-electron chi connectivity index (χ0n) is 19.8. The summed E-state index contributed by atoms with van der Waals surface area (Å²) in [5.41, 5.74) is 3.35.